The van der Waals surface area contributed by atoms with Gasteiger partial charge in [-0.15, -0.1) is 0 Å². The maximum Gasteiger partial charge on any atom is 0.234 e. The molecule has 0 fully saturated rings. The van der Waals surface area contributed by atoms with Crippen molar-refractivity contribution in [2.75, 3.05) is 7.05 Å². The van der Waals surface area contributed by atoms with Gasteiger partial charge in [-0.3, -0.25) is 9.69 Å². The maximum absolute atomic E-state index is 11.0. The van der Waals surface area contributed by atoms with Crippen molar-refractivity contribution in [2.45, 2.75) is 26.4 Å². The molecule has 0 spiro atoms. The van der Waals surface area contributed by atoms with Crippen molar-refractivity contribution in [3.05, 3.63) is 35.4 Å². The Morgan fingerprint density at radius 1 is 1.47 bits per heavy atom. The maximum atomic E-state index is 11.0. The summed E-state index contributed by atoms with van der Waals surface area (Å²) in [4.78, 5) is 12.9. The van der Waals surface area contributed by atoms with E-state index in [1.165, 1.54) is 11.1 Å². The minimum Gasteiger partial charge on any atom is -0.368 e. The summed E-state index contributed by atoms with van der Waals surface area (Å²) in [5, 5.41) is 0. The molecule has 0 aliphatic heterocycles. The van der Waals surface area contributed by atoms with Crippen LogP contribution < -0.4 is 5.73 Å². The molecular formula is C12H18N2O. The molecule has 0 heterocycles. The van der Waals surface area contributed by atoms with Gasteiger partial charge in [-0.05, 0) is 32.0 Å². The second-order valence-corrected chi connectivity index (χ2v) is 3.92. The molecule has 0 aliphatic rings. The van der Waals surface area contributed by atoms with Gasteiger partial charge in [-0.2, -0.15) is 0 Å². The van der Waals surface area contributed by atoms with Crippen LogP contribution in [0.5, 0.6) is 0 Å². The van der Waals surface area contributed by atoms with Crippen molar-refractivity contribution in [1.29, 1.82) is 0 Å². The monoisotopic (exact) mass is 206 g/mol. The van der Waals surface area contributed by atoms with Gasteiger partial charge in [0, 0.05) is 6.54 Å². The molecule has 0 aliphatic carbocycles. The minimum absolute atomic E-state index is 0.232. The molecule has 1 amide bonds. The summed E-state index contributed by atoms with van der Waals surface area (Å²) in [6.45, 7) is 4.63. The Morgan fingerprint density at radius 2 is 2.07 bits per heavy atom. The molecule has 2 N–H and O–H groups in total. The lowest BCUT2D eigenvalue weighted by atomic mass is 10.1. The van der Waals surface area contributed by atoms with Crippen LogP contribution in [0.2, 0.25) is 0 Å². The van der Waals surface area contributed by atoms with Crippen LogP contribution in [0.4, 0.5) is 0 Å². The third kappa shape index (κ3) is 3.06. The summed E-state index contributed by atoms with van der Waals surface area (Å²) in [5.74, 6) is -0.286. The number of hydrogen-bond acceptors (Lipinski definition) is 2. The molecule has 15 heavy (non-hydrogen) atoms. The Bertz CT molecular complexity index is 349. The fraction of sp³-hybridized carbons (Fsp3) is 0.417. The lowest BCUT2D eigenvalue weighted by Crippen LogP contribution is -2.39. The number of carbonyl (C=O) groups is 1. The molecule has 3 heteroatoms. The zero-order valence-corrected chi connectivity index (χ0v) is 9.53. The van der Waals surface area contributed by atoms with Crippen molar-refractivity contribution < 1.29 is 4.79 Å². The summed E-state index contributed by atoms with van der Waals surface area (Å²) in [6.07, 6.45) is 0. The quantitative estimate of drug-likeness (QED) is 0.807. The van der Waals surface area contributed by atoms with Gasteiger partial charge in [-0.25, -0.2) is 0 Å². The molecule has 0 radical (unpaired) electrons. The van der Waals surface area contributed by atoms with E-state index in [4.69, 9.17) is 5.73 Å². The average Bonchev–Trinajstić information content (AvgIpc) is 2.20. The molecule has 0 saturated carbocycles. The van der Waals surface area contributed by atoms with Crippen LogP contribution in [0, 0.1) is 6.92 Å². The van der Waals surface area contributed by atoms with Crippen LogP contribution in [-0.2, 0) is 11.3 Å². The number of rotatable bonds is 4. The predicted molar refractivity (Wildman–Crippen MR) is 61.3 cm³/mol. The van der Waals surface area contributed by atoms with Gasteiger partial charge in [-0.1, -0.05) is 24.3 Å². The van der Waals surface area contributed by atoms with Gasteiger partial charge < -0.3 is 5.73 Å². The Morgan fingerprint density at radius 3 is 2.60 bits per heavy atom. The van der Waals surface area contributed by atoms with E-state index in [2.05, 4.69) is 19.1 Å². The molecule has 0 saturated heterocycles. The van der Waals surface area contributed by atoms with Gasteiger partial charge in [0.05, 0.1) is 6.04 Å². The Labute approximate surface area is 90.9 Å². The largest absolute Gasteiger partial charge is 0.368 e. The first-order valence-corrected chi connectivity index (χ1v) is 5.06. The standard InChI is InChI=1S/C12H18N2O/c1-9-6-4-5-7-11(9)8-14(3)10(2)12(13)15/h4-7,10H,8H2,1-3H3,(H2,13,15)/t10-/m0/s1. The summed E-state index contributed by atoms with van der Waals surface area (Å²) >= 11 is 0. The third-order valence-corrected chi connectivity index (χ3v) is 2.75. The van der Waals surface area contributed by atoms with Gasteiger partial charge in [0.25, 0.3) is 0 Å². The molecule has 1 rings (SSSR count). The summed E-state index contributed by atoms with van der Waals surface area (Å²) in [7, 11) is 1.90. The first-order valence-electron chi connectivity index (χ1n) is 5.06. The second kappa shape index (κ2) is 4.94. The number of benzene rings is 1. The van der Waals surface area contributed by atoms with E-state index in [1.54, 1.807) is 0 Å². The molecule has 1 aromatic rings. The highest BCUT2D eigenvalue weighted by Crippen LogP contribution is 2.10. The zero-order valence-electron chi connectivity index (χ0n) is 9.53. The zero-order chi connectivity index (χ0) is 11.4. The number of aryl methyl sites for hydroxylation is 1. The first-order chi connectivity index (χ1) is 7.02. The van der Waals surface area contributed by atoms with E-state index in [-0.39, 0.29) is 11.9 Å². The van der Waals surface area contributed by atoms with Crippen LogP contribution in [0.25, 0.3) is 0 Å². The van der Waals surface area contributed by atoms with Crippen molar-refractivity contribution in [3.63, 3.8) is 0 Å². The molecule has 1 atom stereocenters. The van der Waals surface area contributed by atoms with Crippen LogP contribution in [0.15, 0.2) is 24.3 Å². The first kappa shape index (κ1) is 11.7. The van der Waals surface area contributed by atoms with E-state index < -0.39 is 0 Å². The second-order valence-electron chi connectivity index (χ2n) is 3.92. The van der Waals surface area contributed by atoms with Crippen LogP contribution in [-0.4, -0.2) is 23.9 Å². The normalized spacial score (nSPS) is 12.8. The van der Waals surface area contributed by atoms with Crippen LogP contribution >= 0.6 is 0 Å². The molecule has 0 aromatic heterocycles. The van der Waals surface area contributed by atoms with Gasteiger partial charge in [0.15, 0.2) is 0 Å². The highest BCUT2D eigenvalue weighted by molar-refractivity contribution is 5.79. The van der Waals surface area contributed by atoms with E-state index in [0.29, 0.717) is 0 Å². The third-order valence-electron chi connectivity index (χ3n) is 2.75. The van der Waals surface area contributed by atoms with Crippen LogP contribution in [0.3, 0.4) is 0 Å². The van der Waals surface area contributed by atoms with Gasteiger partial charge >= 0.3 is 0 Å². The van der Waals surface area contributed by atoms with E-state index in [1.807, 2.05) is 31.0 Å². The van der Waals surface area contributed by atoms with Gasteiger partial charge in [0.1, 0.15) is 0 Å². The molecule has 1 aromatic carbocycles. The number of hydrogen-bond donors (Lipinski definition) is 1. The van der Waals surface area contributed by atoms with Crippen molar-refractivity contribution >= 4 is 5.91 Å². The molecule has 82 valence electrons. The lowest BCUT2D eigenvalue weighted by Gasteiger charge is -2.22. The van der Waals surface area contributed by atoms with E-state index in [9.17, 15) is 4.79 Å². The number of nitrogens with two attached hydrogens (primary N) is 1. The topological polar surface area (TPSA) is 46.3 Å². The Balaban J connectivity index is 2.70. The van der Waals surface area contributed by atoms with E-state index in [0.717, 1.165) is 6.54 Å². The van der Waals surface area contributed by atoms with Crippen LogP contribution in [0.1, 0.15) is 18.1 Å². The fourth-order valence-electron chi connectivity index (χ4n) is 1.41. The number of nitrogens with zero attached hydrogens (tertiary/aromatic N) is 1. The number of carbonyl (C=O) groups excluding carboxylic acids is 1. The smallest absolute Gasteiger partial charge is 0.234 e. The highest BCUT2D eigenvalue weighted by Gasteiger charge is 2.15. The summed E-state index contributed by atoms with van der Waals surface area (Å²) in [6, 6.07) is 7.92. The Hall–Kier alpha value is -1.35. The molecule has 0 bridgehead atoms. The summed E-state index contributed by atoms with van der Waals surface area (Å²) < 4.78 is 0. The van der Waals surface area contributed by atoms with E-state index >= 15 is 0 Å². The van der Waals surface area contributed by atoms with Crippen molar-refractivity contribution in [2.24, 2.45) is 5.73 Å². The molecule has 3 nitrogen and oxygen atoms in total. The summed E-state index contributed by atoms with van der Waals surface area (Å²) in [5.41, 5.74) is 7.71. The van der Waals surface area contributed by atoms with Crippen molar-refractivity contribution in [1.82, 2.24) is 4.90 Å². The minimum atomic E-state index is -0.286. The highest BCUT2D eigenvalue weighted by atomic mass is 16.1. The Kier molecular flexibility index (Phi) is 3.86. The lowest BCUT2D eigenvalue weighted by molar-refractivity contribution is -0.122. The SMILES string of the molecule is Cc1ccccc1CN(C)[C@@H](C)C(N)=O. The predicted octanol–water partition coefficient (Wildman–Crippen LogP) is 1.30. The number of primary amides is 1. The number of likely N-dealkylation sites (N-methyl/N-ethyl adjacent to an activating group) is 1. The van der Waals surface area contributed by atoms with Gasteiger partial charge in [0.2, 0.25) is 5.91 Å². The molecular weight excluding hydrogens is 188 g/mol. The number of amides is 1. The average molecular weight is 206 g/mol. The molecule has 0 unspecified atom stereocenters. The fourth-order valence-corrected chi connectivity index (χ4v) is 1.41. The van der Waals surface area contributed by atoms with Crippen molar-refractivity contribution in [3.8, 4) is 0 Å².